The smallest absolute Gasteiger partial charge is 0.262 e. The monoisotopic (exact) mass is 335 g/mol. The minimum Gasteiger partial charge on any atom is -0.508 e. The van der Waals surface area contributed by atoms with Crippen LogP contribution in [0.1, 0.15) is 34.1 Å². The summed E-state index contributed by atoms with van der Waals surface area (Å²) in [5.41, 5.74) is 2.04. The molecule has 5 nitrogen and oxygen atoms in total. The maximum atomic E-state index is 13.2. The first-order chi connectivity index (χ1) is 12.1. The molecule has 1 unspecified atom stereocenters. The molecule has 0 saturated heterocycles. The number of phenols is 2. The van der Waals surface area contributed by atoms with Gasteiger partial charge >= 0.3 is 0 Å². The van der Waals surface area contributed by atoms with Crippen LogP contribution in [0.15, 0.2) is 65.3 Å². The molecule has 4 rings (SSSR count). The molecule has 0 radical (unpaired) electrons. The maximum absolute atomic E-state index is 13.2. The Kier molecular flexibility index (Phi) is 3.69. The molecule has 2 N–H and O–H groups in total. The number of aromatic hydroxyl groups is 2. The van der Waals surface area contributed by atoms with Gasteiger partial charge in [-0.25, -0.2) is 0 Å². The number of aryl methyl sites for hydroxylation is 1. The summed E-state index contributed by atoms with van der Waals surface area (Å²) in [6.45, 7) is 0. The number of furan rings is 1. The maximum Gasteiger partial charge on any atom is 0.262 e. The van der Waals surface area contributed by atoms with Crippen LogP contribution in [0.2, 0.25) is 0 Å². The molecule has 2 heterocycles. The fourth-order valence-electron chi connectivity index (χ4n) is 3.38. The van der Waals surface area contributed by atoms with E-state index < -0.39 is 0 Å². The van der Waals surface area contributed by atoms with Crippen LogP contribution < -0.4 is 4.90 Å². The van der Waals surface area contributed by atoms with Gasteiger partial charge in [-0.2, -0.15) is 0 Å². The van der Waals surface area contributed by atoms with E-state index in [2.05, 4.69) is 0 Å². The number of benzene rings is 2. The van der Waals surface area contributed by atoms with E-state index in [1.54, 1.807) is 17.2 Å². The van der Waals surface area contributed by atoms with Crippen LogP contribution in [0.25, 0.3) is 0 Å². The van der Waals surface area contributed by atoms with Gasteiger partial charge in [0.05, 0.1) is 17.9 Å². The molecule has 1 aromatic heterocycles. The van der Waals surface area contributed by atoms with Crippen molar-refractivity contribution in [3.8, 4) is 11.5 Å². The van der Waals surface area contributed by atoms with Crippen LogP contribution >= 0.6 is 0 Å². The minimum atomic E-state index is -0.328. The summed E-state index contributed by atoms with van der Waals surface area (Å²) in [6.07, 6.45) is 3.17. The fourth-order valence-corrected chi connectivity index (χ4v) is 3.38. The predicted octanol–water partition coefficient (Wildman–Crippen LogP) is 4.03. The zero-order chi connectivity index (χ0) is 17.4. The molecule has 2 aromatic carbocycles. The summed E-state index contributed by atoms with van der Waals surface area (Å²) in [4.78, 5) is 14.9. The molecule has 0 aliphatic carbocycles. The molecule has 3 aromatic rings. The van der Waals surface area contributed by atoms with Crippen LogP contribution in [0.3, 0.4) is 0 Å². The summed E-state index contributed by atoms with van der Waals surface area (Å²) in [6, 6.07) is 15.2. The van der Waals surface area contributed by atoms with Crippen molar-refractivity contribution in [1.82, 2.24) is 0 Å². The van der Waals surface area contributed by atoms with E-state index in [-0.39, 0.29) is 29.0 Å². The van der Waals surface area contributed by atoms with Crippen molar-refractivity contribution in [2.75, 3.05) is 4.90 Å². The van der Waals surface area contributed by atoms with Crippen LogP contribution in [0, 0.1) is 0 Å². The topological polar surface area (TPSA) is 73.9 Å². The van der Waals surface area contributed by atoms with E-state index >= 15 is 0 Å². The first-order valence-corrected chi connectivity index (χ1v) is 8.12. The summed E-state index contributed by atoms with van der Waals surface area (Å²) >= 11 is 0. The minimum absolute atomic E-state index is 0.0873. The Bertz CT molecular complexity index is 917. The molecule has 25 heavy (non-hydrogen) atoms. The van der Waals surface area contributed by atoms with Crippen LogP contribution in [-0.4, -0.2) is 16.1 Å². The molecule has 1 aliphatic heterocycles. The highest BCUT2D eigenvalue weighted by Crippen LogP contribution is 2.40. The van der Waals surface area contributed by atoms with Gasteiger partial charge in [0.1, 0.15) is 17.3 Å². The number of anilines is 1. The Labute approximate surface area is 144 Å². The number of rotatable bonds is 2. The number of para-hydroxylation sites is 1. The van der Waals surface area contributed by atoms with Crippen molar-refractivity contribution < 1.29 is 19.4 Å². The van der Waals surface area contributed by atoms with Crippen molar-refractivity contribution in [3.63, 3.8) is 0 Å². The van der Waals surface area contributed by atoms with Crippen molar-refractivity contribution in [1.29, 1.82) is 0 Å². The summed E-state index contributed by atoms with van der Waals surface area (Å²) in [5, 5.41) is 19.6. The predicted molar refractivity (Wildman–Crippen MR) is 92.8 cm³/mol. The lowest BCUT2D eigenvalue weighted by atomic mass is 9.93. The molecule has 0 fully saturated rings. The lowest BCUT2D eigenvalue weighted by Gasteiger charge is -2.36. The third-order valence-corrected chi connectivity index (χ3v) is 4.55. The second-order valence-electron chi connectivity index (χ2n) is 6.08. The van der Waals surface area contributed by atoms with E-state index in [1.165, 1.54) is 18.2 Å². The number of hydrogen-bond donors (Lipinski definition) is 2. The third-order valence-electron chi connectivity index (χ3n) is 4.55. The highest BCUT2D eigenvalue weighted by atomic mass is 16.3. The van der Waals surface area contributed by atoms with Crippen LogP contribution in [0.4, 0.5) is 5.69 Å². The van der Waals surface area contributed by atoms with Crippen molar-refractivity contribution in [2.24, 2.45) is 0 Å². The van der Waals surface area contributed by atoms with Crippen LogP contribution in [0.5, 0.6) is 11.5 Å². The van der Waals surface area contributed by atoms with Gasteiger partial charge in [-0.3, -0.25) is 9.69 Å². The van der Waals surface area contributed by atoms with Gasteiger partial charge < -0.3 is 14.6 Å². The first-order valence-electron chi connectivity index (χ1n) is 8.12. The van der Waals surface area contributed by atoms with E-state index in [4.69, 9.17) is 4.42 Å². The van der Waals surface area contributed by atoms with Crippen molar-refractivity contribution in [2.45, 2.75) is 18.9 Å². The second kappa shape index (κ2) is 6.02. The van der Waals surface area contributed by atoms with Gasteiger partial charge in [-0.15, -0.1) is 0 Å². The van der Waals surface area contributed by atoms with Gasteiger partial charge in [0.25, 0.3) is 5.91 Å². The Morgan fingerprint density at radius 1 is 1.08 bits per heavy atom. The van der Waals surface area contributed by atoms with E-state index in [1.807, 2.05) is 30.3 Å². The molecule has 0 spiro atoms. The fraction of sp³-hybridized carbons (Fsp3) is 0.150. The Morgan fingerprint density at radius 2 is 1.92 bits per heavy atom. The SMILES string of the molecule is O=C(c1ccc(O)cc1O)N1c2ccccc2CCC1c1ccco1. The molecule has 1 amide bonds. The standard InChI is InChI=1S/C20H17NO4/c22-14-8-9-15(18(23)12-14)20(24)21-16-5-2-1-4-13(16)7-10-17(21)19-6-3-11-25-19/h1-6,8-9,11-12,17,22-23H,7,10H2. The largest absolute Gasteiger partial charge is 0.508 e. The summed E-state index contributed by atoms with van der Waals surface area (Å²) in [5.74, 6) is 0.0501. The zero-order valence-corrected chi connectivity index (χ0v) is 13.4. The van der Waals surface area contributed by atoms with Gasteiger partial charge in [0.15, 0.2) is 0 Å². The molecule has 1 aliphatic rings. The Balaban J connectivity index is 1.83. The Hall–Kier alpha value is -3.21. The molecular formula is C20H17NO4. The number of phenolic OH excluding ortho intramolecular Hbond substituents is 2. The lowest BCUT2D eigenvalue weighted by molar-refractivity contribution is 0.0966. The number of carbonyl (C=O) groups is 1. The average molecular weight is 335 g/mol. The number of fused-ring (bicyclic) bond motifs is 1. The zero-order valence-electron chi connectivity index (χ0n) is 13.4. The number of nitrogens with zero attached hydrogens (tertiary/aromatic N) is 1. The quantitative estimate of drug-likeness (QED) is 0.742. The van der Waals surface area contributed by atoms with Gasteiger partial charge in [-0.05, 0) is 48.7 Å². The van der Waals surface area contributed by atoms with Crippen molar-refractivity contribution >= 4 is 11.6 Å². The molecule has 0 bridgehead atoms. The summed E-state index contributed by atoms with van der Waals surface area (Å²) < 4.78 is 5.56. The average Bonchev–Trinajstić information content (AvgIpc) is 3.14. The molecule has 0 saturated carbocycles. The van der Waals surface area contributed by atoms with Crippen molar-refractivity contribution in [3.05, 3.63) is 77.7 Å². The molecule has 5 heteroatoms. The highest BCUT2D eigenvalue weighted by Gasteiger charge is 2.35. The highest BCUT2D eigenvalue weighted by molar-refractivity contribution is 6.09. The molecule has 1 atom stereocenters. The van der Waals surface area contributed by atoms with Gasteiger partial charge in [0, 0.05) is 11.8 Å². The molecule has 126 valence electrons. The Morgan fingerprint density at radius 3 is 2.68 bits per heavy atom. The van der Waals surface area contributed by atoms with E-state index in [9.17, 15) is 15.0 Å². The number of hydrogen-bond acceptors (Lipinski definition) is 4. The lowest BCUT2D eigenvalue weighted by Crippen LogP contribution is -2.38. The number of carbonyl (C=O) groups excluding carboxylic acids is 1. The van der Waals surface area contributed by atoms with Gasteiger partial charge in [0.2, 0.25) is 0 Å². The van der Waals surface area contributed by atoms with E-state index in [0.717, 1.165) is 24.1 Å². The summed E-state index contributed by atoms with van der Waals surface area (Å²) in [7, 11) is 0. The van der Waals surface area contributed by atoms with E-state index in [0.29, 0.717) is 5.76 Å². The third kappa shape index (κ3) is 2.63. The van der Waals surface area contributed by atoms with Gasteiger partial charge in [-0.1, -0.05) is 18.2 Å². The second-order valence-corrected chi connectivity index (χ2v) is 6.08. The normalized spacial score (nSPS) is 16.5. The van der Waals surface area contributed by atoms with Crippen LogP contribution in [-0.2, 0) is 6.42 Å². The number of amides is 1. The first kappa shape index (κ1) is 15.3. The molecular weight excluding hydrogens is 318 g/mol.